The van der Waals surface area contributed by atoms with E-state index in [-0.39, 0.29) is 12.4 Å². The molecule has 1 atom stereocenters. The van der Waals surface area contributed by atoms with Crippen LogP contribution in [0.15, 0.2) is 47.3 Å². The van der Waals surface area contributed by atoms with Crippen LogP contribution in [0, 0.1) is 0 Å². The number of nitrogens with one attached hydrogen (secondary N) is 1. The Morgan fingerprint density at radius 1 is 1.35 bits per heavy atom. The van der Waals surface area contributed by atoms with E-state index in [0.29, 0.717) is 6.04 Å². The molecule has 0 saturated carbocycles. The second kappa shape index (κ2) is 6.74. The predicted molar refractivity (Wildman–Crippen MR) is 92.7 cm³/mol. The first-order chi connectivity index (χ1) is 10.8. The molecule has 0 bridgehead atoms. The largest absolute Gasteiger partial charge is 0.464 e. The van der Waals surface area contributed by atoms with Crippen molar-refractivity contribution >= 4 is 23.4 Å². The van der Waals surface area contributed by atoms with Crippen LogP contribution in [0.5, 0.6) is 0 Å². The summed E-state index contributed by atoms with van der Waals surface area (Å²) in [6, 6.07) is 8.52. The Kier molecular flexibility index (Phi) is 4.71. The van der Waals surface area contributed by atoms with Crippen molar-refractivity contribution in [3.8, 4) is 0 Å². The quantitative estimate of drug-likeness (QED) is 0.801. The average molecular weight is 333 g/mol. The highest BCUT2D eigenvalue weighted by Gasteiger charge is 2.27. The topological polar surface area (TPSA) is 46.2 Å². The van der Waals surface area contributed by atoms with Gasteiger partial charge in [0.1, 0.15) is 11.4 Å². The lowest BCUT2D eigenvalue weighted by Crippen LogP contribution is -2.46. The highest BCUT2D eigenvalue weighted by Crippen LogP contribution is 2.27. The molecular formula is C17H21ClN4O. The summed E-state index contributed by atoms with van der Waals surface area (Å²) in [6.07, 6.45) is 5.77. The molecule has 122 valence electrons. The van der Waals surface area contributed by atoms with Crippen LogP contribution in [-0.4, -0.2) is 34.1 Å². The maximum Gasteiger partial charge on any atom is 0.134 e. The lowest BCUT2D eigenvalue weighted by Gasteiger charge is -2.35. The number of aryl methyl sites for hydroxylation is 1. The fourth-order valence-electron chi connectivity index (χ4n) is 3.26. The van der Waals surface area contributed by atoms with E-state index in [9.17, 15) is 0 Å². The van der Waals surface area contributed by atoms with Crippen molar-refractivity contribution in [2.24, 2.45) is 7.05 Å². The minimum atomic E-state index is 0. The molecule has 1 saturated heterocycles. The number of imidazole rings is 1. The minimum absolute atomic E-state index is 0. The molecule has 1 unspecified atom stereocenters. The number of aromatic nitrogens is 2. The van der Waals surface area contributed by atoms with Gasteiger partial charge < -0.3 is 14.3 Å². The average Bonchev–Trinajstić information content (AvgIpc) is 3.15. The van der Waals surface area contributed by atoms with E-state index in [4.69, 9.17) is 4.42 Å². The smallest absolute Gasteiger partial charge is 0.134 e. The number of benzene rings is 1. The first-order valence-electron chi connectivity index (χ1n) is 7.70. The van der Waals surface area contributed by atoms with Gasteiger partial charge in [0, 0.05) is 56.6 Å². The molecule has 23 heavy (non-hydrogen) atoms. The molecule has 1 aromatic carbocycles. The fraction of sp³-hybridized carbons (Fsp3) is 0.353. The molecule has 1 N–H and O–H groups in total. The van der Waals surface area contributed by atoms with E-state index in [0.717, 1.165) is 37.6 Å². The van der Waals surface area contributed by atoms with Crippen LogP contribution in [0.25, 0.3) is 11.0 Å². The lowest BCUT2D eigenvalue weighted by molar-refractivity contribution is 0.145. The van der Waals surface area contributed by atoms with Gasteiger partial charge in [-0.3, -0.25) is 4.90 Å². The monoisotopic (exact) mass is 332 g/mol. The summed E-state index contributed by atoms with van der Waals surface area (Å²) >= 11 is 0. The highest BCUT2D eigenvalue weighted by atomic mass is 35.5. The van der Waals surface area contributed by atoms with Gasteiger partial charge in [-0.25, -0.2) is 4.98 Å². The first kappa shape index (κ1) is 16.1. The SMILES string of the molecule is Cl.Cn1ccnc1C1CNCCN1Cc1coc2ccccc12. The third kappa shape index (κ3) is 3.00. The van der Waals surface area contributed by atoms with Crippen LogP contribution >= 0.6 is 12.4 Å². The van der Waals surface area contributed by atoms with Gasteiger partial charge in [0.15, 0.2) is 0 Å². The zero-order valence-corrected chi connectivity index (χ0v) is 13.9. The number of hydrogen-bond donors (Lipinski definition) is 1. The Bertz CT molecular complexity index is 782. The van der Waals surface area contributed by atoms with Gasteiger partial charge in [-0.1, -0.05) is 18.2 Å². The second-order valence-electron chi connectivity index (χ2n) is 5.84. The molecular weight excluding hydrogens is 312 g/mol. The first-order valence-corrected chi connectivity index (χ1v) is 7.70. The van der Waals surface area contributed by atoms with Gasteiger partial charge in [-0.15, -0.1) is 12.4 Å². The summed E-state index contributed by atoms with van der Waals surface area (Å²) in [5.74, 6) is 1.11. The normalized spacial score (nSPS) is 18.9. The molecule has 0 spiro atoms. The van der Waals surface area contributed by atoms with Crippen molar-refractivity contribution in [2.45, 2.75) is 12.6 Å². The molecule has 3 aromatic rings. The van der Waals surface area contributed by atoms with E-state index in [1.54, 1.807) is 0 Å². The number of piperazine rings is 1. The van der Waals surface area contributed by atoms with Crippen LogP contribution in [-0.2, 0) is 13.6 Å². The van der Waals surface area contributed by atoms with E-state index in [2.05, 4.69) is 38.9 Å². The molecule has 5 nitrogen and oxygen atoms in total. The van der Waals surface area contributed by atoms with E-state index >= 15 is 0 Å². The molecule has 1 fully saturated rings. The summed E-state index contributed by atoms with van der Waals surface area (Å²) in [7, 11) is 2.06. The Morgan fingerprint density at radius 2 is 2.22 bits per heavy atom. The van der Waals surface area contributed by atoms with Crippen molar-refractivity contribution in [2.75, 3.05) is 19.6 Å². The lowest BCUT2D eigenvalue weighted by atomic mass is 10.1. The van der Waals surface area contributed by atoms with Crippen LogP contribution in [0.1, 0.15) is 17.4 Å². The van der Waals surface area contributed by atoms with E-state index in [1.165, 1.54) is 10.9 Å². The summed E-state index contributed by atoms with van der Waals surface area (Å²) in [4.78, 5) is 7.02. The van der Waals surface area contributed by atoms with Crippen molar-refractivity contribution < 1.29 is 4.42 Å². The molecule has 4 rings (SSSR count). The third-order valence-electron chi connectivity index (χ3n) is 4.45. The fourth-order valence-corrected chi connectivity index (χ4v) is 3.26. The van der Waals surface area contributed by atoms with Crippen molar-refractivity contribution in [1.29, 1.82) is 0 Å². The van der Waals surface area contributed by atoms with Gasteiger partial charge in [0.2, 0.25) is 0 Å². The van der Waals surface area contributed by atoms with Crippen molar-refractivity contribution in [3.63, 3.8) is 0 Å². The molecule has 1 aliphatic rings. The number of furan rings is 1. The van der Waals surface area contributed by atoms with Crippen molar-refractivity contribution in [3.05, 3.63) is 54.3 Å². The Hall–Kier alpha value is -1.82. The standard InChI is InChI=1S/C17H20N4O.ClH/c1-20-8-7-19-17(20)15-10-18-6-9-21(15)11-13-12-22-16-5-3-2-4-14(13)16;/h2-5,7-8,12,15,18H,6,9-11H2,1H3;1H. The summed E-state index contributed by atoms with van der Waals surface area (Å²) in [5.41, 5.74) is 2.21. The zero-order chi connectivity index (χ0) is 14.9. The van der Waals surface area contributed by atoms with Gasteiger partial charge >= 0.3 is 0 Å². The minimum Gasteiger partial charge on any atom is -0.464 e. The number of rotatable bonds is 3. The number of para-hydroxylation sites is 1. The maximum atomic E-state index is 5.68. The van der Waals surface area contributed by atoms with Crippen LogP contribution in [0.3, 0.4) is 0 Å². The van der Waals surface area contributed by atoms with Gasteiger partial charge in [-0.2, -0.15) is 0 Å². The van der Waals surface area contributed by atoms with Crippen LogP contribution in [0.2, 0.25) is 0 Å². The van der Waals surface area contributed by atoms with E-state index < -0.39 is 0 Å². The second-order valence-corrected chi connectivity index (χ2v) is 5.84. The molecule has 0 amide bonds. The molecule has 0 aliphatic carbocycles. The summed E-state index contributed by atoms with van der Waals surface area (Å²) in [5, 5.41) is 4.69. The van der Waals surface area contributed by atoms with Crippen LogP contribution < -0.4 is 5.32 Å². The molecule has 0 radical (unpaired) electrons. The number of hydrogen-bond acceptors (Lipinski definition) is 4. The summed E-state index contributed by atoms with van der Waals surface area (Å²) in [6.45, 7) is 3.84. The maximum absolute atomic E-state index is 5.68. The molecule has 6 heteroatoms. The number of nitrogens with zero attached hydrogens (tertiary/aromatic N) is 3. The van der Waals surface area contributed by atoms with Gasteiger partial charge in [-0.05, 0) is 6.07 Å². The Morgan fingerprint density at radius 3 is 3.04 bits per heavy atom. The number of fused-ring (bicyclic) bond motifs is 1. The Balaban J connectivity index is 0.00000156. The van der Waals surface area contributed by atoms with E-state index in [1.807, 2.05) is 30.8 Å². The summed E-state index contributed by atoms with van der Waals surface area (Å²) < 4.78 is 7.79. The molecule has 1 aliphatic heterocycles. The number of halogens is 1. The molecule has 3 heterocycles. The van der Waals surface area contributed by atoms with Crippen molar-refractivity contribution in [1.82, 2.24) is 19.8 Å². The van der Waals surface area contributed by atoms with Gasteiger partial charge in [0.25, 0.3) is 0 Å². The third-order valence-corrected chi connectivity index (χ3v) is 4.45. The highest BCUT2D eigenvalue weighted by molar-refractivity contribution is 5.85. The molecule has 2 aromatic heterocycles. The van der Waals surface area contributed by atoms with Crippen LogP contribution in [0.4, 0.5) is 0 Å². The Labute approximate surface area is 141 Å². The zero-order valence-electron chi connectivity index (χ0n) is 13.1. The predicted octanol–water partition coefficient (Wildman–Crippen LogP) is 2.73. The van der Waals surface area contributed by atoms with Gasteiger partial charge in [0.05, 0.1) is 12.3 Å².